The third kappa shape index (κ3) is 6.56. The van der Waals surface area contributed by atoms with Crippen LogP contribution in [0.4, 0.5) is 5.00 Å². The van der Waals surface area contributed by atoms with Crippen molar-refractivity contribution in [2.45, 2.75) is 27.2 Å². The summed E-state index contributed by atoms with van der Waals surface area (Å²) in [6.45, 7) is 4.79. The zero-order valence-electron chi connectivity index (χ0n) is 21.1. The van der Waals surface area contributed by atoms with E-state index in [9.17, 15) is 14.4 Å². The molecule has 0 fully saturated rings. The molecule has 2 aromatic carbocycles. The van der Waals surface area contributed by atoms with Crippen molar-refractivity contribution in [1.29, 1.82) is 0 Å². The van der Waals surface area contributed by atoms with Crippen LogP contribution in [0, 0.1) is 13.8 Å². The fourth-order valence-electron chi connectivity index (χ4n) is 3.82. The van der Waals surface area contributed by atoms with Crippen LogP contribution >= 0.6 is 22.9 Å². The summed E-state index contributed by atoms with van der Waals surface area (Å²) in [6.07, 6.45) is 0.416. The van der Waals surface area contributed by atoms with E-state index in [2.05, 4.69) is 5.32 Å². The van der Waals surface area contributed by atoms with Crippen LogP contribution in [0.5, 0.6) is 17.2 Å². The minimum Gasteiger partial charge on any atom is -0.482 e. The van der Waals surface area contributed by atoms with E-state index in [1.54, 1.807) is 32.0 Å². The number of benzene rings is 2. The number of esters is 2. The Morgan fingerprint density at radius 3 is 2.58 bits per heavy atom. The van der Waals surface area contributed by atoms with Gasteiger partial charge in [0.25, 0.3) is 5.91 Å². The van der Waals surface area contributed by atoms with Crippen molar-refractivity contribution in [3.8, 4) is 17.2 Å². The van der Waals surface area contributed by atoms with Crippen molar-refractivity contribution in [2.24, 2.45) is 0 Å². The Hall–Kier alpha value is -3.76. The van der Waals surface area contributed by atoms with Gasteiger partial charge in [-0.3, -0.25) is 4.79 Å². The highest BCUT2D eigenvalue weighted by atomic mass is 35.5. The van der Waals surface area contributed by atoms with Crippen molar-refractivity contribution < 1.29 is 38.1 Å². The first-order valence-corrected chi connectivity index (χ1v) is 13.0. The molecule has 11 heteroatoms. The number of fused-ring (bicyclic) bond motifs is 1. The predicted octanol–water partition coefficient (Wildman–Crippen LogP) is 5.08. The van der Waals surface area contributed by atoms with Gasteiger partial charge in [0.15, 0.2) is 24.7 Å². The SMILES string of the molecule is CCOC(=O)c1c(NC(=O)COC(=O)COc2ccc(Cl)cc2C)sc(C)c1Cc1ccc2c(c1)OCO2. The molecule has 0 unspecified atom stereocenters. The van der Waals surface area contributed by atoms with Gasteiger partial charge in [-0.15, -0.1) is 11.3 Å². The second kappa shape index (κ2) is 12.2. The van der Waals surface area contributed by atoms with E-state index in [4.69, 9.17) is 35.3 Å². The molecule has 1 aromatic heterocycles. The van der Waals surface area contributed by atoms with Gasteiger partial charge < -0.3 is 29.0 Å². The quantitative estimate of drug-likeness (QED) is 0.343. The maximum absolute atomic E-state index is 12.9. The second-order valence-corrected chi connectivity index (χ2v) is 9.99. The zero-order valence-corrected chi connectivity index (χ0v) is 22.6. The average Bonchev–Trinajstić information content (AvgIpc) is 3.46. The number of hydrogen-bond acceptors (Lipinski definition) is 9. The zero-order chi connectivity index (χ0) is 27.2. The van der Waals surface area contributed by atoms with Crippen LogP contribution in [0.25, 0.3) is 0 Å². The number of halogens is 1. The summed E-state index contributed by atoms with van der Waals surface area (Å²) in [7, 11) is 0. The maximum atomic E-state index is 12.9. The first-order valence-electron chi connectivity index (χ1n) is 11.8. The highest BCUT2D eigenvalue weighted by molar-refractivity contribution is 7.16. The normalized spacial score (nSPS) is 11.7. The maximum Gasteiger partial charge on any atom is 0.344 e. The van der Waals surface area contributed by atoms with Crippen molar-refractivity contribution in [3.63, 3.8) is 0 Å². The Kier molecular flexibility index (Phi) is 8.75. The highest BCUT2D eigenvalue weighted by Crippen LogP contribution is 2.37. The molecule has 9 nitrogen and oxygen atoms in total. The third-order valence-corrected chi connectivity index (χ3v) is 6.90. The molecule has 0 atom stereocenters. The molecule has 1 aliphatic heterocycles. The van der Waals surface area contributed by atoms with Gasteiger partial charge >= 0.3 is 11.9 Å². The van der Waals surface area contributed by atoms with Crippen LogP contribution in [0.3, 0.4) is 0 Å². The lowest BCUT2D eigenvalue weighted by molar-refractivity contribution is -0.149. The topological polar surface area (TPSA) is 109 Å². The van der Waals surface area contributed by atoms with Gasteiger partial charge in [-0.1, -0.05) is 17.7 Å². The van der Waals surface area contributed by atoms with Gasteiger partial charge in [0.1, 0.15) is 10.8 Å². The van der Waals surface area contributed by atoms with Gasteiger partial charge in [-0.2, -0.15) is 0 Å². The number of anilines is 1. The van der Waals surface area contributed by atoms with Gasteiger partial charge in [0, 0.05) is 9.90 Å². The smallest absolute Gasteiger partial charge is 0.344 e. The van der Waals surface area contributed by atoms with Crippen molar-refractivity contribution in [1.82, 2.24) is 0 Å². The molecule has 0 radical (unpaired) electrons. The van der Waals surface area contributed by atoms with E-state index in [1.807, 2.05) is 25.1 Å². The number of carbonyl (C=O) groups is 3. The number of amides is 1. The molecule has 1 amide bonds. The molecule has 0 bridgehead atoms. The molecule has 0 saturated carbocycles. The fraction of sp³-hybridized carbons (Fsp3) is 0.296. The number of carbonyl (C=O) groups excluding carboxylic acids is 3. The molecule has 2 heterocycles. The van der Waals surface area contributed by atoms with Crippen molar-refractivity contribution >= 4 is 45.8 Å². The molecule has 200 valence electrons. The largest absolute Gasteiger partial charge is 0.482 e. The van der Waals surface area contributed by atoms with E-state index >= 15 is 0 Å². The molecule has 0 spiro atoms. The number of aryl methyl sites for hydroxylation is 2. The Morgan fingerprint density at radius 1 is 1.03 bits per heavy atom. The molecule has 0 saturated heterocycles. The van der Waals surface area contributed by atoms with Gasteiger partial charge in [0.05, 0.1) is 12.2 Å². The van der Waals surface area contributed by atoms with E-state index in [-0.39, 0.29) is 25.6 Å². The van der Waals surface area contributed by atoms with E-state index < -0.39 is 24.5 Å². The summed E-state index contributed by atoms with van der Waals surface area (Å²) in [5, 5.41) is 3.56. The van der Waals surface area contributed by atoms with Crippen LogP contribution in [0.1, 0.15) is 38.8 Å². The Labute approximate surface area is 228 Å². The number of rotatable bonds is 10. The number of thiophene rings is 1. The van der Waals surface area contributed by atoms with Gasteiger partial charge in [-0.25, -0.2) is 9.59 Å². The summed E-state index contributed by atoms with van der Waals surface area (Å²) in [5.74, 6) is -0.0739. The summed E-state index contributed by atoms with van der Waals surface area (Å²) in [6, 6.07) is 10.6. The van der Waals surface area contributed by atoms with Crippen LogP contribution in [-0.2, 0) is 25.5 Å². The van der Waals surface area contributed by atoms with Gasteiger partial charge in [0.2, 0.25) is 6.79 Å². The lowest BCUT2D eigenvalue weighted by Gasteiger charge is -2.11. The second-order valence-electron chi connectivity index (χ2n) is 8.33. The standard InChI is InChI=1S/C27H26ClNO8S/c1-4-33-27(32)25-19(10-17-5-7-21-22(11-17)37-14-36-21)16(3)38-26(25)29-23(30)12-35-24(31)13-34-20-8-6-18(28)9-15(20)2/h5-9,11H,4,10,12-14H2,1-3H3,(H,29,30). The molecule has 3 aromatic rings. The molecule has 4 rings (SSSR count). The minimum atomic E-state index is -0.717. The van der Waals surface area contributed by atoms with Crippen LogP contribution < -0.4 is 19.5 Å². The fourth-order valence-corrected chi connectivity index (χ4v) is 5.12. The van der Waals surface area contributed by atoms with Crippen LogP contribution in [0.15, 0.2) is 36.4 Å². The van der Waals surface area contributed by atoms with Crippen molar-refractivity contribution in [3.05, 3.63) is 68.6 Å². The molecular weight excluding hydrogens is 534 g/mol. The number of hydrogen-bond donors (Lipinski definition) is 1. The predicted molar refractivity (Wildman–Crippen MR) is 142 cm³/mol. The summed E-state index contributed by atoms with van der Waals surface area (Å²) < 4.78 is 26.6. The molecular formula is C27H26ClNO8S. The van der Waals surface area contributed by atoms with E-state index in [0.717, 1.165) is 21.6 Å². The van der Waals surface area contributed by atoms with Crippen LogP contribution in [-0.4, -0.2) is 44.5 Å². The molecule has 1 N–H and O–H groups in total. The number of ether oxygens (including phenoxy) is 5. The number of nitrogens with one attached hydrogen (secondary N) is 1. The lowest BCUT2D eigenvalue weighted by atomic mass is 10.0. The first-order chi connectivity index (χ1) is 18.2. The monoisotopic (exact) mass is 559 g/mol. The van der Waals surface area contributed by atoms with Crippen LogP contribution in [0.2, 0.25) is 5.02 Å². The summed E-state index contributed by atoms with van der Waals surface area (Å²) in [5.41, 5.74) is 2.67. The van der Waals surface area contributed by atoms with E-state index in [0.29, 0.717) is 33.7 Å². The summed E-state index contributed by atoms with van der Waals surface area (Å²) in [4.78, 5) is 38.4. The third-order valence-electron chi connectivity index (χ3n) is 5.61. The highest BCUT2D eigenvalue weighted by Gasteiger charge is 2.25. The summed E-state index contributed by atoms with van der Waals surface area (Å²) >= 11 is 7.17. The van der Waals surface area contributed by atoms with Crippen molar-refractivity contribution in [2.75, 3.05) is 31.9 Å². The Balaban J connectivity index is 1.41. The molecule has 1 aliphatic rings. The molecule has 0 aliphatic carbocycles. The first kappa shape index (κ1) is 27.3. The minimum absolute atomic E-state index is 0.165. The Bertz CT molecular complexity index is 1370. The average molecular weight is 560 g/mol. The molecule has 38 heavy (non-hydrogen) atoms. The Morgan fingerprint density at radius 2 is 1.82 bits per heavy atom. The van der Waals surface area contributed by atoms with E-state index in [1.165, 1.54) is 11.3 Å². The lowest BCUT2D eigenvalue weighted by Crippen LogP contribution is -2.24. The van der Waals surface area contributed by atoms with Gasteiger partial charge in [-0.05, 0) is 74.2 Å².